The maximum absolute atomic E-state index is 11.7. The number of carbonyl (C=O) groups is 1. The zero-order valence-corrected chi connectivity index (χ0v) is 8.66. The van der Waals surface area contributed by atoms with E-state index >= 15 is 0 Å². The second-order valence-electron chi connectivity index (χ2n) is 3.79. The van der Waals surface area contributed by atoms with E-state index < -0.39 is 0 Å². The van der Waals surface area contributed by atoms with Gasteiger partial charge in [-0.15, -0.1) is 0 Å². The molecular weight excluding hydrogens is 190 g/mol. The van der Waals surface area contributed by atoms with Crippen molar-refractivity contribution in [3.8, 4) is 0 Å². The van der Waals surface area contributed by atoms with Crippen LogP contribution in [-0.4, -0.2) is 16.7 Å². The molecule has 0 radical (unpaired) electrons. The fraction of sp³-hybridized carbons (Fsp3) is 0.333. The summed E-state index contributed by atoms with van der Waals surface area (Å²) in [6, 6.07) is 5.91. The smallest absolute Gasteiger partial charge is 0.211 e. The fourth-order valence-corrected chi connectivity index (χ4v) is 1.93. The first-order valence-corrected chi connectivity index (χ1v) is 5.13. The Balaban J connectivity index is 2.40. The number of oxime groups is 1. The first kappa shape index (κ1) is 9.90. The van der Waals surface area contributed by atoms with Gasteiger partial charge in [0.15, 0.2) is 0 Å². The molecule has 0 aromatic heterocycles. The summed E-state index contributed by atoms with van der Waals surface area (Å²) in [5.74, 6) is -0.134. The molecule has 0 spiro atoms. The summed E-state index contributed by atoms with van der Waals surface area (Å²) >= 11 is 0. The Kier molecular flexibility index (Phi) is 2.54. The lowest BCUT2D eigenvalue weighted by Gasteiger charge is -2.01. The van der Waals surface area contributed by atoms with Crippen molar-refractivity contribution < 1.29 is 10.0 Å². The minimum atomic E-state index is -0.134. The molecule has 1 aromatic carbocycles. The van der Waals surface area contributed by atoms with Crippen molar-refractivity contribution in [2.45, 2.75) is 26.2 Å². The standard InChI is InChI=1S/C12H13NO2/c1-2-3-8-4-5-9-7-11(13-15)12(14)10(9)6-8/h4-6,15H,2-3,7H2,1H3/b13-11+. The third kappa shape index (κ3) is 1.65. The highest BCUT2D eigenvalue weighted by molar-refractivity contribution is 6.49. The SMILES string of the molecule is CCCc1ccc2c(c1)C(=O)/C(=N/O)C2. The van der Waals surface area contributed by atoms with Gasteiger partial charge in [-0.05, 0) is 23.6 Å². The largest absolute Gasteiger partial charge is 0.411 e. The highest BCUT2D eigenvalue weighted by Gasteiger charge is 2.26. The van der Waals surface area contributed by atoms with Gasteiger partial charge >= 0.3 is 0 Å². The number of aryl methyl sites for hydroxylation is 1. The van der Waals surface area contributed by atoms with Crippen LogP contribution in [0.4, 0.5) is 0 Å². The maximum Gasteiger partial charge on any atom is 0.211 e. The van der Waals surface area contributed by atoms with Crippen molar-refractivity contribution in [3.05, 3.63) is 34.9 Å². The normalized spacial score (nSPS) is 17.1. The summed E-state index contributed by atoms with van der Waals surface area (Å²) < 4.78 is 0. The minimum Gasteiger partial charge on any atom is -0.411 e. The number of carbonyl (C=O) groups excluding carboxylic acids is 1. The van der Waals surface area contributed by atoms with Crippen molar-refractivity contribution in [1.82, 2.24) is 0 Å². The number of benzene rings is 1. The molecule has 78 valence electrons. The number of rotatable bonds is 2. The lowest BCUT2D eigenvalue weighted by atomic mass is 10.0. The van der Waals surface area contributed by atoms with Crippen LogP contribution in [0.5, 0.6) is 0 Å². The molecule has 0 saturated carbocycles. The number of hydrogen-bond donors (Lipinski definition) is 1. The van der Waals surface area contributed by atoms with Crippen molar-refractivity contribution >= 4 is 11.5 Å². The molecule has 0 atom stereocenters. The molecule has 2 rings (SSSR count). The zero-order valence-electron chi connectivity index (χ0n) is 8.66. The molecule has 3 nitrogen and oxygen atoms in total. The highest BCUT2D eigenvalue weighted by Crippen LogP contribution is 2.22. The van der Waals surface area contributed by atoms with Gasteiger partial charge < -0.3 is 5.21 Å². The van der Waals surface area contributed by atoms with Crippen LogP contribution in [0.3, 0.4) is 0 Å². The Bertz CT molecular complexity index is 435. The monoisotopic (exact) mass is 203 g/mol. The van der Waals surface area contributed by atoms with Crippen LogP contribution in [0.1, 0.15) is 34.8 Å². The molecule has 0 unspecified atom stereocenters. The van der Waals surface area contributed by atoms with E-state index in [2.05, 4.69) is 12.1 Å². The average molecular weight is 203 g/mol. The Morgan fingerprint density at radius 1 is 1.47 bits per heavy atom. The summed E-state index contributed by atoms with van der Waals surface area (Å²) in [7, 11) is 0. The van der Waals surface area contributed by atoms with Crippen LogP contribution >= 0.6 is 0 Å². The summed E-state index contributed by atoms with van der Waals surface area (Å²) in [5, 5.41) is 11.7. The van der Waals surface area contributed by atoms with E-state index in [0.29, 0.717) is 12.0 Å². The lowest BCUT2D eigenvalue weighted by Crippen LogP contribution is -2.07. The molecule has 0 heterocycles. The van der Waals surface area contributed by atoms with Crippen LogP contribution in [0, 0.1) is 0 Å². The molecule has 0 saturated heterocycles. The van der Waals surface area contributed by atoms with Crippen LogP contribution in [0.2, 0.25) is 0 Å². The topological polar surface area (TPSA) is 49.7 Å². The Morgan fingerprint density at radius 3 is 2.93 bits per heavy atom. The zero-order chi connectivity index (χ0) is 10.8. The van der Waals surface area contributed by atoms with Gasteiger partial charge in [0, 0.05) is 12.0 Å². The molecule has 1 aliphatic carbocycles. The highest BCUT2D eigenvalue weighted by atomic mass is 16.4. The summed E-state index contributed by atoms with van der Waals surface area (Å²) in [6.07, 6.45) is 2.50. The molecule has 0 amide bonds. The molecule has 0 fully saturated rings. The second-order valence-corrected chi connectivity index (χ2v) is 3.79. The van der Waals surface area contributed by atoms with Gasteiger partial charge in [0.2, 0.25) is 5.78 Å². The van der Waals surface area contributed by atoms with E-state index in [-0.39, 0.29) is 11.5 Å². The Hall–Kier alpha value is -1.64. The van der Waals surface area contributed by atoms with E-state index in [0.717, 1.165) is 18.4 Å². The third-order valence-corrected chi connectivity index (χ3v) is 2.70. The minimum absolute atomic E-state index is 0.134. The molecule has 1 aromatic rings. The molecule has 1 N–H and O–H groups in total. The van der Waals surface area contributed by atoms with Gasteiger partial charge in [-0.1, -0.05) is 30.6 Å². The van der Waals surface area contributed by atoms with E-state index in [1.165, 1.54) is 5.56 Å². The molecule has 0 aliphatic heterocycles. The molecule has 0 bridgehead atoms. The van der Waals surface area contributed by atoms with Crippen LogP contribution < -0.4 is 0 Å². The Labute approximate surface area is 88.4 Å². The van der Waals surface area contributed by atoms with Crippen LogP contribution in [0.25, 0.3) is 0 Å². The molecule has 3 heteroatoms. The Morgan fingerprint density at radius 2 is 2.27 bits per heavy atom. The first-order valence-electron chi connectivity index (χ1n) is 5.13. The average Bonchev–Trinajstić information content (AvgIpc) is 2.56. The predicted octanol–water partition coefficient (Wildman–Crippen LogP) is 2.21. The van der Waals surface area contributed by atoms with Gasteiger partial charge in [-0.3, -0.25) is 4.79 Å². The van der Waals surface area contributed by atoms with Gasteiger partial charge in [-0.25, -0.2) is 0 Å². The summed E-state index contributed by atoms with van der Waals surface area (Å²) in [6.45, 7) is 2.11. The number of Topliss-reactive ketones (excluding diaryl/α,β-unsaturated/α-hetero) is 1. The van der Waals surface area contributed by atoms with E-state index in [9.17, 15) is 4.79 Å². The number of hydrogen-bond acceptors (Lipinski definition) is 3. The van der Waals surface area contributed by atoms with Crippen molar-refractivity contribution in [3.63, 3.8) is 0 Å². The second kappa shape index (κ2) is 3.85. The van der Waals surface area contributed by atoms with E-state index in [1.54, 1.807) is 0 Å². The summed E-state index contributed by atoms with van der Waals surface area (Å²) in [5.41, 5.74) is 3.09. The van der Waals surface area contributed by atoms with Gasteiger partial charge in [0.05, 0.1) is 0 Å². The van der Waals surface area contributed by atoms with Gasteiger partial charge in [-0.2, -0.15) is 0 Å². The number of nitrogens with zero attached hydrogens (tertiary/aromatic N) is 1. The van der Waals surface area contributed by atoms with Crippen molar-refractivity contribution in [1.29, 1.82) is 0 Å². The van der Waals surface area contributed by atoms with E-state index in [1.807, 2.05) is 18.2 Å². The molecular formula is C12H13NO2. The molecule has 1 aliphatic rings. The third-order valence-electron chi connectivity index (χ3n) is 2.70. The maximum atomic E-state index is 11.7. The van der Waals surface area contributed by atoms with E-state index in [4.69, 9.17) is 5.21 Å². The first-order chi connectivity index (χ1) is 7.26. The van der Waals surface area contributed by atoms with Crippen LogP contribution in [-0.2, 0) is 12.8 Å². The lowest BCUT2D eigenvalue weighted by molar-refractivity contribution is 0.106. The van der Waals surface area contributed by atoms with Gasteiger partial charge in [0.25, 0.3) is 0 Å². The van der Waals surface area contributed by atoms with Crippen molar-refractivity contribution in [2.24, 2.45) is 5.16 Å². The number of fused-ring (bicyclic) bond motifs is 1. The molecule has 15 heavy (non-hydrogen) atoms. The summed E-state index contributed by atoms with van der Waals surface area (Å²) in [4.78, 5) is 11.7. The van der Waals surface area contributed by atoms with Crippen molar-refractivity contribution in [2.75, 3.05) is 0 Å². The van der Waals surface area contributed by atoms with Crippen LogP contribution in [0.15, 0.2) is 23.4 Å². The fourth-order valence-electron chi connectivity index (χ4n) is 1.93. The quantitative estimate of drug-likeness (QED) is 0.591. The number of ketones is 1. The van der Waals surface area contributed by atoms with Gasteiger partial charge in [0.1, 0.15) is 5.71 Å². The predicted molar refractivity (Wildman–Crippen MR) is 57.7 cm³/mol.